The van der Waals surface area contributed by atoms with Crippen LogP contribution in [0, 0.1) is 0 Å². The number of carboxylic acid groups (broad SMARTS) is 1. The number of halogens is 1. The SMILES string of the molecule is O=C(O)[C@@H]1COC2(CCN(C(=O)c3cccc(Cl)c3)CC2)N1C(=O)c1ccco1. The molecule has 1 atom stereocenters. The highest BCUT2D eigenvalue weighted by atomic mass is 35.5. The number of nitrogens with zero attached hydrogens (tertiary/aromatic N) is 2. The van der Waals surface area contributed by atoms with Gasteiger partial charge >= 0.3 is 5.97 Å². The lowest BCUT2D eigenvalue weighted by atomic mass is 9.96. The van der Waals surface area contributed by atoms with Gasteiger partial charge in [0.15, 0.2) is 11.8 Å². The number of hydrogen-bond acceptors (Lipinski definition) is 5. The largest absolute Gasteiger partial charge is 0.480 e. The Labute approximate surface area is 171 Å². The summed E-state index contributed by atoms with van der Waals surface area (Å²) >= 11 is 5.98. The van der Waals surface area contributed by atoms with Crippen LogP contribution < -0.4 is 0 Å². The molecule has 29 heavy (non-hydrogen) atoms. The number of benzene rings is 1. The molecule has 9 heteroatoms. The topological polar surface area (TPSA) is 100 Å². The molecule has 1 aromatic carbocycles. The van der Waals surface area contributed by atoms with Crippen LogP contribution in [0.5, 0.6) is 0 Å². The molecule has 2 aromatic rings. The van der Waals surface area contributed by atoms with Gasteiger partial charge in [-0.25, -0.2) is 4.79 Å². The lowest BCUT2D eigenvalue weighted by Gasteiger charge is -2.43. The molecule has 2 aliphatic rings. The number of furan rings is 1. The Morgan fingerprint density at radius 1 is 1.10 bits per heavy atom. The third kappa shape index (κ3) is 3.49. The first-order valence-electron chi connectivity index (χ1n) is 9.20. The van der Waals surface area contributed by atoms with Crippen molar-refractivity contribution in [2.45, 2.75) is 24.6 Å². The zero-order chi connectivity index (χ0) is 20.6. The number of carboxylic acids is 1. The molecule has 4 rings (SSSR count). The maximum Gasteiger partial charge on any atom is 0.328 e. The van der Waals surface area contributed by atoms with Crippen LogP contribution in [0.25, 0.3) is 0 Å². The van der Waals surface area contributed by atoms with E-state index in [4.69, 9.17) is 20.8 Å². The Bertz CT molecular complexity index is 936. The Hall–Kier alpha value is -2.84. The molecule has 0 radical (unpaired) electrons. The second-order valence-electron chi connectivity index (χ2n) is 7.07. The average Bonchev–Trinajstić information content (AvgIpc) is 3.36. The minimum atomic E-state index is -1.14. The zero-order valence-electron chi connectivity index (χ0n) is 15.4. The number of carbonyl (C=O) groups is 3. The van der Waals surface area contributed by atoms with Gasteiger partial charge < -0.3 is 19.2 Å². The summed E-state index contributed by atoms with van der Waals surface area (Å²) in [6, 6.07) is 8.65. The first-order chi connectivity index (χ1) is 13.9. The number of rotatable bonds is 3. The number of amides is 2. The fourth-order valence-electron chi connectivity index (χ4n) is 3.94. The Kier molecular flexibility index (Phi) is 5.06. The Morgan fingerprint density at radius 2 is 1.86 bits per heavy atom. The van der Waals surface area contributed by atoms with Crippen LogP contribution in [0.3, 0.4) is 0 Å². The van der Waals surface area contributed by atoms with Gasteiger partial charge in [-0.2, -0.15) is 0 Å². The van der Waals surface area contributed by atoms with E-state index in [-0.39, 0.29) is 18.3 Å². The summed E-state index contributed by atoms with van der Waals surface area (Å²) in [5, 5.41) is 10.1. The average molecular weight is 419 g/mol. The Morgan fingerprint density at radius 3 is 2.48 bits per heavy atom. The lowest BCUT2D eigenvalue weighted by Crippen LogP contribution is -2.58. The van der Waals surface area contributed by atoms with Crippen LogP contribution in [0.15, 0.2) is 47.1 Å². The summed E-state index contributed by atoms with van der Waals surface area (Å²) in [4.78, 5) is 40.4. The maximum absolute atomic E-state index is 13.0. The number of carbonyl (C=O) groups excluding carboxylic acids is 2. The quantitative estimate of drug-likeness (QED) is 0.821. The predicted octanol–water partition coefficient (Wildman–Crippen LogP) is 2.49. The van der Waals surface area contributed by atoms with Crippen LogP contribution in [-0.2, 0) is 9.53 Å². The lowest BCUT2D eigenvalue weighted by molar-refractivity contribution is -0.143. The van der Waals surface area contributed by atoms with Crippen LogP contribution >= 0.6 is 11.6 Å². The van der Waals surface area contributed by atoms with Gasteiger partial charge in [0.25, 0.3) is 11.8 Å². The molecule has 0 bridgehead atoms. The number of hydrogen-bond donors (Lipinski definition) is 1. The molecular formula is C20H19ClN2O6. The van der Waals surface area contributed by atoms with E-state index < -0.39 is 23.6 Å². The summed E-state index contributed by atoms with van der Waals surface area (Å²) in [6.45, 7) is 0.531. The monoisotopic (exact) mass is 418 g/mol. The first-order valence-corrected chi connectivity index (χ1v) is 9.58. The van der Waals surface area contributed by atoms with Crippen molar-refractivity contribution in [3.63, 3.8) is 0 Å². The minimum absolute atomic E-state index is 0.0542. The summed E-state index contributed by atoms with van der Waals surface area (Å²) in [6.07, 6.45) is 1.96. The van der Waals surface area contributed by atoms with Gasteiger partial charge in [0.2, 0.25) is 0 Å². The molecule has 0 unspecified atom stereocenters. The van der Waals surface area contributed by atoms with Gasteiger partial charge in [-0.1, -0.05) is 17.7 Å². The molecule has 1 N–H and O–H groups in total. The normalized spacial score (nSPS) is 20.8. The highest BCUT2D eigenvalue weighted by Crippen LogP contribution is 2.38. The van der Waals surface area contributed by atoms with E-state index in [1.807, 2.05) is 0 Å². The van der Waals surface area contributed by atoms with Gasteiger partial charge in [-0.3, -0.25) is 14.5 Å². The molecular weight excluding hydrogens is 400 g/mol. The molecule has 3 heterocycles. The van der Waals surface area contributed by atoms with Crippen molar-refractivity contribution in [1.82, 2.24) is 9.80 Å². The van der Waals surface area contributed by atoms with E-state index in [1.54, 1.807) is 35.2 Å². The van der Waals surface area contributed by atoms with Crippen LogP contribution in [0.4, 0.5) is 0 Å². The van der Waals surface area contributed by atoms with Gasteiger partial charge in [-0.05, 0) is 30.3 Å². The second-order valence-corrected chi connectivity index (χ2v) is 7.50. The van der Waals surface area contributed by atoms with Gasteiger partial charge in [0, 0.05) is 36.5 Å². The first kappa shape index (κ1) is 19.5. The standard InChI is InChI=1S/C20H19ClN2O6/c21-14-4-1-3-13(11-14)17(24)22-8-6-20(7-9-22)23(15(12-29-20)19(26)27)18(25)16-5-2-10-28-16/h1-5,10-11,15H,6-9,12H2,(H,26,27)/t15-/m0/s1. The minimum Gasteiger partial charge on any atom is -0.480 e. The van der Waals surface area contributed by atoms with E-state index in [9.17, 15) is 19.5 Å². The highest BCUT2D eigenvalue weighted by molar-refractivity contribution is 6.30. The van der Waals surface area contributed by atoms with Crippen molar-refractivity contribution in [3.05, 3.63) is 59.0 Å². The number of ether oxygens (including phenoxy) is 1. The van der Waals surface area contributed by atoms with E-state index >= 15 is 0 Å². The van der Waals surface area contributed by atoms with E-state index in [1.165, 1.54) is 17.2 Å². The molecule has 2 aliphatic heterocycles. The van der Waals surface area contributed by atoms with Crippen molar-refractivity contribution >= 4 is 29.4 Å². The number of likely N-dealkylation sites (tertiary alicyclic amines) is 1. The molecule has 2 amide bonds. The number of piperidine rings is 1. The van der Waals surface area contributed by atoms with Crippen molar-refractivity contribution in [2.75, 3.05) is 19.7 Å². The Balaban J connectivity index is 1.54. The van der Waals surface area contributed by atoms with Crippen molar-refractivity contribution in [3.8, 4) is 0 Å². The van der Waals surface area contributed by atoms with Gasteiger partial charge in [-0.15, -0.1) is 0 Å². The van der Waals surface area contributed by atoms with Crippen molar-refractivity contribution in [2.24, 2.45) is 0 Å². The molecule has 2 fully saturated rings. The molecule has 8 nitrogen and oxygen atoms in total. The third-order valence-corrected chi connectivity index (χ3v) is 5.64. The van der Waals surface area contributed by atoms with Crippen LogP contribution in [-0.4, -0.2) is 64.2 Å². The summed E-state index contributed by atoms with van der Waals surface area (Å²) in [5.74, 6) is -1.79. The predicted molar refractivity (Wildman–Crippen MR) is 102 cm³/mol. The molecule has 0 aliphatic carbocycles. The van der Waals surface area contributed by atoms with Gasteiger partial charge in [0.05, 0.1) is 12.9 Å². The molecule has 0 saturated carbocycles. The van der Waals surface area contributed by atoms with Crippen molar-refractivity contribution in [1.29, 1.82) is 0 Å². The smallest absolute Gasteiger partial charge is 0.328 e. The maximum atomic E-state index is 13.0. The van der Waals surface area contributed by atoms with Crippen LogP contribution in [0.2, 0.25) is 5.02 Å². The fourth-order valence-corrected chi connectivity index (χ4v) is 4.13. The third-order valence-electron chi connectivity index (χ3n) is 5.40. The summed E-state index contributed by atoms with van der Waals surface area (Å²) in [5.41, 5.74) is -0.606. The molecule has 152 valence electrons. The molecule has 2 saturated heterocycles. The number of aliphatic carboxylic acids is 1. The summed E-state index contributed by atoms with van der Waals surface area (Å²) < 4.78 is 11.0. The molecule has 1 aromatic heterocycles. The highest BCUT2D eigenvalue weighted by Gasteiger charge is 2.54. The fraction of sp³-hybridized carbons (Fsp3) is 0.350. The van der Waals surface area contributed by atoms with Gasteiger partial charge in [0.1, 0.15) is 5.72 Å². The van der Waals surface area contributed by atoms with Crippen molar-refractivity contribution < 1.29 is 28.6 Å². The molecule has 1 spiro atoms. The summed E-state index contributed by atoms with van der Waals surface area (Å²) in [7, 11) is 0. The van der Waals surface area contributed by atoms with E-state index in [0.29, 0.717) is 36.5 Å². The van der Waals surface area contributed by atoms with E-state index in [2.05, 4.69) is 0 Å². The zero-order valence-corrected chi connectivity index (χ0v) is 16.2. The van der Waals surface area contributed by atoms with Crippen LogP contribution in [0.1, 0.15) is 33.8 Å². The van der Waals surface area contributed by atoms with E-state index in [0.717, 1.165) is 0 Å². The second kappa shape index (κ2) is 7.53.